The molecule has 0 heterocycles. The van der Waals surface area contributed by atoms with Gasteiger partial charge in [-0.3, -0.25) is 14.5 Å². The van der Waals surface area contributed by atoms with Crippen molar-refractivity contribution in [2.75, 3.05) is 19.1 Å². The summed E-state index contributed by atoms with van der Waals surface area (Å²) < 4.78 is 10.4. The molecule has 6 nitrogen and oxygen atoms in total. The zero-order chi connectivity index (χ0) is 31.9. The van der Waals surface area contributed by atoms with Gasteiger partial charge in [-0.2, -0.15) is 0 Å². The van der Waals surface area contributed by atoms with Crippen LogP contribution in [0.4, 0.5) is 5.69 Å². The predicted molar refractivity (Wildman–Crippen MR) is 181 cm³/mol. The lowest BCUT2D eigenvalue weighted by atomic mass is 9.95. The maximum absolute atomic E-state index is 12.8. The molecule has 0 aliphatic heterocycles. The number of rotatable bonds is 17. The second-order valence-electron chi connectivity index (χ2n) is 11.5. The van der Waals surface area contributed by atoms with Gasteiger partial charge in [0.2, 0.25) is 0 Å². The van der Waals surface area contributed by atoms with E-state index in [-0.39, 0.29) is 42.9 Å². The molecule has 3 atom stereocenters. The second-order valence-corrected chi connectivity index (χ2v) is 11.5. The first-order chi connectivity index (χ1) is 22.0. The van der Waals surface area contributed by atoms with E-state index >= 15 is 0 Å². The number of nitrogens with zero attached hydrogens (tertiary/aromatic N) is 2. The molecule has 0 aliphatic rings. The van der Waals surface area contributed by atoms with Gasteiger partial charge >= 0.3 is 11.9 Å². The molecule has 0 radical (unpaired) electrons. The lowest BCUT2D eigenvalue weighted by molar-refractivity contribution is -0.142. The first-order valence-electron chi connectivity index (χ1n) is 15.8. The molecule has 4 rings (SSSR count). The molecular weight excluding hydrogens is 560 g/mol. The molecule has 0 fully saturated rings. The third kappa shape index (κ3) is 10.3. The van der Waals surface area contributed by atoms with Crippen molar-refractivity contribution in [2.24, 2.45) is 0 Å². The van der Waals surface area contributed by atoms with Crippen LogP contribution in [0.25, 0.3) is 0 Å². The van der Waals surface area contributed by atoms with Crippen LogP contribution in [0.2, 0.25) is 0 Å². The molecule has 6 heteroatoms. The second kappa shape index (κ2) is 17.8. The van der Waals surface area contributed by atoms with Gasteiger partial charge in [-0.25, -0.2) is 0 Å². The highest BCUT2D eigenvalue weighted by molar-refractivity contribution is 5.71. The average molecular weight is 607 g/mol. The minimum absolute atomic E-state index is 0.0639. The van der Waals surface area contributed by atoms with Gasteiger partial charge in [-0.15, -0.1) is 0 Å². The molecule has 4 aromatic carbocycles. The molecule has 0 N–H and O–H groups in total. The maximum atomic E-state index is 12.8. The Labute approximate surface area is 268 Å². The zero-order valence-corrected chi connectivity index (χ0v) is 26.8. The van der Waals surface area contributed by atoms with Crippen molar-refractivity contribution in [3.05, 3.63) is 138 Å². The summed E-state index contributed by atoms with van der Waals surface area (Å²) in [5, 5.41) is 0. The van der Waals surface area contributed by atoms with Crippen LogP contribution >= 0.6 is 0 Å². The highest BCUT2D eigenvalue weighted by Crippen LogP contribution is 2.30. The van der Waals surface area contributed by atoms with Crippen molar-refractivity contribution in [2.45, 2.75) is 70.2 Å². The lowest BCUT2D eigenvalue weighted by Gasteiger charge is -2.38. The van der Waals surface area contributed by atoms with Crippen molar-refractivity contribution in [3.8, 4) is 0 Å². The van der Waals surface area contributed by atoms with Crippen LogP contribution in [0.15, 0.2) is 121 Å². The van der Waals surface area contributed by atoms with Gasteiger partial charge in [0, 0.05) is 36.9 Å². The normalized spacial score (nSPS) is 13.1. The van der Waals surface area contributed by atoms with Crippen LogP contribution in [0, 0.1) is 0 Å². The number of carbonyl (C=O) groups excluding carboxylic acids is 2. The first kappa shape index (κ1) is 33.5. The van der Waals surface area contributed by atoms with Gasteiger partial charge in [-0.1, -0.05) is 109 Å². The van der Waals surface area contributed by atoms with Gasteiger partial charge in [0.1, 0.15) is 0 Å². The van der Waals surface area contributed by atoms with E-state index < -0.39 is 0 Å². The molecule has 236 valence electrons. The predicted octanol–water partition coefficient (Wildman–Crippen LogP) is 7.99. The van der Waals surface area contributed by atoms with E-state index in [0.29, 0.717) is 13.1 Å². The quantitative estimate of drug-likeness (QED) is 0.114. The SMILES string of the molecule is COC(=O)CC(CCCC(CC(=O)OC)N(Cc1ccccc1)[C@H](C)c1ccccc1)N(Cc1ccccc1)c1ccccc1. The van der Waals surface area contributed by atoms with Crippen LogP contribution in [-0.2, 0) is 32.2 Å². The summed E-state index contributed by atoms with van der Waals surface area (Å²) in [5.74, 6) is -0.456. The minimum atomic E-state index is -0.233. The van der Waals surface area contributed by atoms with E-state index in [1.54, 1.807) is 0 Å². The monoisotopic (exact) mass is 606 g/mol. The van der Waals surface area contributed by atoms with E-state index in [4.69, 9.17) is 9.47 Å². The fourth-order valence-electron chi connectivity index (χ4n) is 6.02. The topological polar surface area (TPSA) is 59.1 Å². The third-order valence-electron chi connectivity index (χ3n) is 8.52. The summed E-state index contributed by atoms with van der Waals surface area (Å²) in [6.07, 6.45) is 2.90. The fourth-order valence-corrected chi connectivity index (χ4v) is 6.02. The molecule has 0 aromatic heterocycles. The van der Waals surface area contributed by atoms with Crippen molar-refractivity contribution >= 4 is 17.6 Å². The Kier molecular flexibility index (Phi) is 13.2. The molecule has 0 saturated carbocycles. The Morgan fingerprint density at radius 1 is 0.600 bits per heavy atom. The zero-order valence-electron chi connectivity index (χ0n) is 26.8. The third-order valence-corrected chi connectivity index (χ3v) is 8.52. The molecular formula is C39H46N2O4. The maximum Gasteiger partial charge on any atom is 0.307 e. The molecule has 2 unspecified atom stereocenters. The Hall–Kier alpha value is -4.42. The van der Waals surface area contributed by atoms with Crippen molar-refractivity contribution in [1.29, 1.82) is 0 Å². The van der Waals surface area contributed by atoms with Gasteiger partial charge in [0.25, 0.3) is 0 Å². The molecule has 0 saturated heterocycles. The molecule has 0 amide bonds. The Morgan fingerprint density at radius 2 is 1.04 bits per heavy atom. The molecule has 0 aliphatic carbocycles. The molecule has 0 spiro atoms. The summed E-state index contributed by atoms with van der Waals surface area (Å²) in [6, 6.07) is 41.3. The van der Waals surface area contributed by atoms with Crippen LogP contribution in [-0.4, -0.2) is 43.1 Å². The number of para-hydroxylation sites is 1. The summed E-state index contributed by atoms with van der Waals surface area (Å²) >= 11 is 0. The van der Waals surface area contributed by atoms with Gasteiger partial charge in [0.15, 0.2) is 0 Å². The smallest absolute Gasteiger partial charge is 0.307 e. The number of hydrogen-bond donors (Lipinski definition) is 0. The van der Waals surface area contributed by atoms with Crippen LogP contribution in [0.3, 0.4) is 0 Å². The number of anilines is 1. The van der Waals surface area contributed by atoms with Crippen LogP contribution < -0.4 is 4.90 Å². The Bertz CT molecular complexity index is 1420. The van der Waals surface area contributed by atoms with E-state index in [1.165, 1.54) is 30.9 Å². The summed E-state index contributed by atoms with van der Waals surface area (Å²) in [7, 11) is 2.90. The Morgan fingerprint density at radius 3 is 1.58 bits per heavy atom. The summed E-state index contributed by atoms with van der Waals surface area (Å²) in [5.41, 5.74) is 4.62. The number of esters is 2. The average Bonchev–Trinajstić information content (AvgIpc) is 3.10. The fraction of sp³-hybridized carbons (Fsp3) is 0.333. The number of methoxy groups -OCH3 is 2. The van der Waals surface area contributed by atoms with E-state index in [0.717, 1.165) is 24.9 Å². The number of carbonyl (C=O) groups is 2. The first-order valence-corrected chi connectivity index (χ1v) is 15.8. The van der Waals surface area contributed by atoms with Gasteiger partial charge < -0.3 is 14.4 Å². The standard InChI is InChI=1S/C39H46N2O4/c1-31(34-21-12-6-13-22-34)40(29-32-17-8-4-9-18-32)36(27-38(42)44-2)25-16-26-37(28-39(43)45-3)41(35-23-14-7-15-24-35)30-33-19-10-5-11-20-33/h4-15,17-24,31,36-37H,16,25-30H2,1-3H3/t31-,36?,37?/m1/s1. The lowest BCUT2D eigenvalue weighted by Crippen LogP contribution is -2.40. The number of ether oxygens (including phenoxy) is 2. The highest BCUT2D eigenvalue weighted by Gasteiger charge is 2.29. The molecule has 0 bridgehead atoms. The summed E-state index contributed by atoms with van der Waals surface area (Å²) in [6.45, 7) is 3.58. The van der Waals surface area contributed by atoms with Gasteiger partial charge in [-0.05, 0) is 55.0 Å². The minimum Gasteiger partial charge on any atom is -0.469 e. The van der Waals surface area contributed by atoms with Crippen molar-refractivity contribution < 1.29 is 19.1 Å². The van der Waals surface area contributed by atoms with Crippen molar-refractivity contribution in [1.82, 2.24) is 4.90 Å². The number of benzene rings is 4. The van der Waals surface area contributed by atoms with Crippen LogP contribution in [0.1, 0.15) is 61.8 Å². The molecule has 45 heavy (non-hydrogen) atoms. The van der Waals surface area contributed by atoms with Crippen LogP contribution in [0.5, 0.6) is 0 Å². The highest BCUT2D eigenvalue weighted by atomic mass is 16.5. The van der Waals surface area contributed by atoms with E-state index in [9.17, 15) is 9.59 Å². The summed E-state index contributed by atoms with van der Waals surface area (Å²) in [4.78, 5) is 30.3. The number of hydrogen-bond acceptors (Lipinski definition) is 6. The largest absolute Gasteiger partial charge is 0.469 e. The van der Waals surface area contributed by atoms with E-state index in [2.05, 4.69) is 89.5 Å². The Balaban J connectivity index is 1.61. The van der Waals surface area contributed by atoms with E-state index in [1.807, 2.05) is 48.5 Å². The van der Waals surface area contributed by atoms with Gasteiger partial charge in [0.05, 0.1) is 27.1 Å². The molecule has 4 aromatic rings. The van der Waals surface area contributed by atoms with Crippen molar-refractivity contribution in [3.63, 3.8) is 0 Å².